The molecular formula is C12H15ClN6O. The number of carbonyl (C=O) groups is 1. The number of carbonyl (C=O) groups excluding carboxylic acids is 1. The molecule has 2 aromatic rings. The molecule has 0 radical (unpaired) electrons. The summed E-state index contributed by atoms with van der Waals surface area (Å²) in [5, 5.41) is 7.65. The van der Waals surface area contributed by atoms with Gasteiger partial charge in [-0.2, -0.15) is 15.1 Å². The van der Waals surface area contributed by atoms with Crippen LogP contribution < -0.4 is 4.90 Å². The van der Waals surface area contributed by atoms with Crippen LogP contribution in [0.2, 0.25) is 5.28 Å². The molecule has 0 spiro atoms. The fourth-order valence-corrected chi connectivity index (χ4v) is 2.75. The molecule has 0 bridgehead atoms. The topological polar surface area (TPSA) is 78.0 Å². The number of piperazine rings is 1. The van der Waals surface area contributed by atoms with E-state index in [-0.39, 0.29) is 11.2 Å². The van der Waals surface area contributed by atoms with Crippen molar-refractivity contribution in [3.63, 3.8) is 0 Å². The maximum absolute atomic E-state index is 12.4. The number of fused-ring (bicyclic) bond motifs is 1. The Hall–Kier alpha value is -1.89. The molecule has 20 heavy (non-hydrogen) atoms. The predicted octanol–water partition coefficient (Wildman–Crippen LogP) is 1.06. The Morgan fingerprint density at radius 3 is 2.85 bits per heavy atom. The maximum Gasteiger partial charge on any atom is 0.247 e. The van der Waals surface area contributed by atoms with Crippen LogP contribution in [-0.4, -0.2) is 56.6 Å². The van der Waals surface area contributed by atoms with Crippen LogP contribution in [-0.2, 0) is 4.79 Å². The van der Waals surface area contributed by atoms with Crippen molar-refractivity contribution in [2.45, 2.75) is 19.4 Å². The minimum atomic E-state index is -0.686. The van der Waals surface area contributed by atoms with Crippen molar-refractivity contribution in [2.75, 3.05) is 25.0 Å². The predicted molar refractivity (Wildman–Crippen MR) is 75.8 cm³/mol. The third kappa shape index (κ3) is 1.81. The van der Waals surface area contributed by atoms with E-state index in [2.05, 4.69) is 20.2 Å². The van der Waals surface area contributed by atoms with Gasteiger partial charge in [0, 0.05) is 20.1 Å². The van der Waals surface area contributed by atoms with Crippen LogP contribution in [0.3, 0.4) is 0 Å². The molecule has 2 aromatic heterocycles. The number of likely N-dealkylation sites (N-methyl/N-ethyl adjacent to an activating group) is 1. The molecule has 0 saturated carbocycles. The third-order valence-corrected chi connectivity index (χ3v) is 3.89. The van der Waals surface area contributed by atoms with E-state index in [0.29, 0.717) is 24.6 Å². The smallest absolute Gasteiger partial charge is 0.247 e. The Kier molecular flexibility index (Phi) is 2.82. The lowest BCUT2D eigenvalue weighted by molar-refractivity contribution is -0.136. The summed E-state index contributed by atoms with van der Waals surface area (Å²) >= 11 is 5.97. The second kappa shape index (κ2) is 4.31. The molecule has 1 N–H and O–H groups in total. The van der Waals surface area contributed by atoms with Gasteiger partial charge < -0.3 is 9.80 Å². The van der Waals surface area contributed by atoms with Gasteiger partial charge in [-0.3, -0.25) is 9.89 Å². The first-order chi connectivity index (χ1) is 9.41. The average Bonchev–Trinajstić information content (AvgIpc) is 2.83. The molecule has 1 aliphatic heterocycles. The van der Waals surface area contributed by atoms with E-state index >= 15 is 0 Å². The lowest BCUT2D eigenvalue weighted by atomic mass is 9.97. The van der Waals surface area contributed by atoms with Gasteiger partial charge in [0.25, 0.3) is 0 Å². The number of aromatic nitrogens is 4. The fourth-order valence-electron chi connectivity index (χ4n) is 2.58. The van der Waals surface area contributed by atoms with Gasteiger partial charge in [0.1, 0.15) is 11.4 Å². The summed E-state index contributed by atoms with van der Waals surface area (Å²) in [4.78, 5) is 24.5. The summed E-state index contributed by atoms with van der Waals surface area (Å²) in [5.41, 5.74) is -0.114. The molecule has 3 rings (SSSR count). The zero-order chi connectivity index (χ0) is 14.5. The number of aromatic amines is 1. The Morgan fingerprint density at radius 1 is 1.35 bits per heavy atom. The van der Waals surface area contributed by atoms with E-state index in [1.807, 2.05) is 25.8 Å². The summed E-state index contributed by atoms with van der Waals surface area (Å²) in [5.74, 6) is 0.690. The van der Waals surface area contributed by atoms with Gasteiger partial charge in [-0.15, -0.1) is 0 Å². The first kappa shape index (κ1) is 13.1. The molecule has 1 saturated heterocycles. The second-order valence-corrected chi connectivity index (χ2v) is 5.72. The lowest BCUT2D eigenvalue weighted by Crippen LogP contribution is -2.62. The molecule has 1 amide bonds. The molecule has 8 heteroatoms. The number of amides is 1. The molecule has 106 valence electrons. The summed E-state index contributed by atoms with van der Waals surface area (Å²) in [6.45, 7) is 5.09. The quantitative estimate of drug-likeness (QED) is 0.796. The van der Waals surface area contributed by atoms with Crippen molar-refractivity contribution >= 4 is 34.4 Å². The summed E-state index contributed by atoms with van der Waals surface area (Å²) in [6.07, 6.45) is 1.65. The van der Waals surface area contributed by atoms with Gasteiger partial charge in [-0.1, -0.05) is 0 Å². The molecule has 1 fully saturated rings. The average molecular weight is 295 g/mol. The normalized spacial score (nSPS) is 18.9. The first-order valence-corrected chi connectivity index (χ1v) is 6.69. The molecule has 0 aliphatic carbocycles. The van der Waals surface area contributed by atoms with Crippen molar-refractivity contribution in [1.82, 2.24) is 25.1 Å². The highest BCUT2D eigenvalue weighted by Gasteiger charge is 2.42. The Labute approximate surface area is 120 Å². The van der Waals surface area contributed by atoms with Crippen molar-refractivity contribution in [3.8, 4) is 0 Å². The van der Waals surface area contributed by atoms with Gasteiger partial charge in [0.15, 0.2) is 5.65 Å². The largest absolute Gasteiger partial charge is 0.342 e. The standard InChI is InChI=1S/C12H15ClN6O/c1-12(2)10(20)18(3)4-5-19(12)9-7-6-14-17-8(7)15-11(13)16-9/h6H,4-5H2,1-3H3,(H,14,15,16,17). The minimum absolute atomic E-state index is 0.0510. The third-order valence-electron chi connectivity index (χ3n) is 3.72. The number of nitrogens with one attached hydrogen (secondary N) is 1. The number of hydrogen-bond acceptors (Lipinski definition) is 5. The van der Waals surface area contributed by atoms with Gasteiger partial charge in [-0.25, -0.2) is 0 Å². The molecule has 0 atom stereocenters. The van der Waals surface area contributed by atoms with Gasteiger partial charge in [0.05, 0.1) is 11.6 Å². The van der Waals surface area contributed by atoms with Crippen molar-refractivity contribution in [3.05, 3.63) is 11.5 Å². The van der Waals surface area contributed by atoms with Crippen LogP contribution >= 0.6 is 11.6 Å². The summed E-state index contributed by atoms with van der Waals surface area (Å²) in [7, 11) is 1.81. The van der Waals surface area contributed by atoms with E-state index in [1.54, 1.807) is 11.1 Å². The molecule has 3 heterocycles. The highest BCUT2D eigenvalue weighted by Crippen LogP contribution is 2.32. The SMILES string of the molecule is CN1CCN(c2nc(Cl)nc3[nH]ncc23)C(C)(C)C1=O. The van der Waals surface area contributed by atoms with Crippen LogP contribution in [0.1, 0.15) is 13.8 Å². The summed E-state index contributed by atoms with van der Waals surface area (Å²) in [6, 6.07) is 0. The highest BCUT2D eigenvalue weighted by molar-refractivity contribution is 6.28. The molecule has 0 unspecified atom stereocenters. The lowest BCUT2D eigenvalue weighted by Gasteiger charge is -2.45. The number of rotatable bonds is 1. The maximum atomic E-state index is 12.4. The Morgan fingerprint density at radius 2 is 2.10 bits per heavy atom. The summed E-state index contributed by atoms with van der Waals surface area (Å²) < 4.78 is 0. The van der Waals surface area contributed by atoms with Gasteiger partial charge in [0.2, 0.25) is 11.2 Å². The van der Waals surface area contributed by atoms with Crippen molar-refractivity contribution < 1.29 is 4.79 Å². The van der Waals surface area contributed by atoms with E-state index in [9.17, 15) is 4.79 Å². The molecule has 1 aliphatic rings. The van der Waals surface area contributed by atoms with Crippen molar-refractivity contribution in [1.29, 1.82) is 0 Å². The molecule has 7 nitrogen and oxygen atoms in total. The number of nitrogens with zero attached hydrogens (tertiary/aromatic N) is 5. The molecular weight excluding hydrogens is 280 g/mol. The highest BCUT2D eigenvalue weighted by atomic mass is 35.5. The van der Waals surface area contributed by atoms with Crippen LogP contribution in [0.4, 0.5) is 5.82 Å². The van der Waals surface area contributed by atoms with Crippen LogP contribution in [0.25, 0.3) is 11.0 Å². The zero-order valence-electron chi connectivity index (χ0n) is 11.5. The van der Waals surface area contributed by atoms with Crippen LogP contribution in [0, 0.1) is 0 Å². The zero-order valence-corrected chi connectivity index (χ0v) is 12.3. The fraction of sp³-hybridized carbons (Fsp3) is 0.500. The first-order valence-electron chi connectivity index (χ1n) is 6.31. The number of H-pyrrole nitrogens is 1. The Balaban J connectivity index is 2.15. The van der Waals surface area contributed by atoms with E-state index in [4.69, 9.17) is 11.6 Å². The van der Waals surface area contributed by atoms with E-state index in [0.717, 1.165) is 5.39 Å². The van der Waals surface area contributed by atoms with E-state index in [1.165, 1.54) is 0 Å². The van der Waals surface area contributed by atoms with Crippen molar-refractivity contribution in [2.24, 2.45) is 0 Å². The number of hydrogen-bond donors (Lipinski definition) is 1. The molecule has 0 aromatic carbocycles. The number of anilines is 1. The van der Waals surface area contributed by atoms with Crippen LogP contribution in [0.5, 0.6) is 0 Å². The number of halogens is 1. The minimum Gasteiger partial charge on any atom is -0.342 e. The Bertz CT molecular complexity index is 682. The van der Waals surface area contributed by atoms with Gasteiger partial charge in [-0.05, 0) is 25.4 Å². The second-order valence-electron chi connectivity index (χ2n) is 5.39. The van der Waals surface area contributed by atoms with Crippen LogP contribution in [0.15, 0.2) is 6.20 Å². The monoisotopic (exact) mass is 294 g/mol. The van der Waals surface area contributed by atoms with E-state index < -0.39 is 5.54 Å². The van der Waals surface area contributed by atoms with Gasteiger partial charge >= 0.3 is 0 Å².